The average Bonchev–Trinajstić information content (AvgIpc) is 3.33. The molecule has 1 heterocycles. The zero-order chi connectivity index (χ0) is 31.7. The van der Waals surface area contributed by atoms with Gasteiger partial charge in [0.25, 0.3) is 0 Å². The van der Waals surface area contributed by atoms with Crippen molar-refractivity contribution >= 4 is 34.8 Å². The van der Waals surface area contributed by atoms with E-state index in [2.05, 4.69) is 10.7 Å². The Bertz CT molecular complexity index is 1250. The fourth-order valence-corrected chi connectivity index (χ4v) is 2.80. The molecule has 0 bridgehead atoms. The largest absolute Gasteiger partial charge is 0.508 e. The molecule has 1 aromatic heterocycles. The fraction of sp³-hybridized carbons (Fsp3) is 0.308. The number of hydrogen-bond donors (Lipinski definition) is 11. The van der Waals surface area contributed by atoms with Crippen LogP contribution in [0, 0.1) is 0 Å². The van der Waals surface area contributed by atoms with Crippen molar-refractivity contribution < 1.29 is 49.8 Å². The number of aliphatic hydroxyl groups is 1. The van der Waals surface area contributed by atoms with E-state index in [1.807, 2.05) is 30.5 Å². The number of rotatable bonds is 9. The van der Waals surface area contributed by atoms with Crippen LogP contribution in [0.25, 0.3) is 10.9 Å². The van der Waals surface area contributed by atoms with Crippen molar-refractivity contribution in [1.82, 2.24) is 4.98 Å². The number of carboxylic acids is 4. The Labute approximate surface area is 235 Å². The fourth-order valence-electron chi connectivity index (χ4n) is 2.80. The van der Waals surface area contributed by atoms with Gasteiger partial charge in [-0.3, -0.25) is 19.2 Å². The van der Waals surface area contributed by atoms with Gasteiger partial charge in [-0.1, -0.05) is 30.3 Å². The summed E-state index contributed by atoms with van der Waals surface area (Å²) in [6.45, 7) is 1.05. The van der Waals surface area contributed by atoms with Gasteiger partial charge >= 0.3 is 23.9 Å². The van der Waals surface area contributed by atoms with Crippen molar-refractivity contribution in [2.75, 3.05) is 6.54 Å². The van der Waals surface area contributed by atoms with Crippen molar-refractivity contribution in [2.24, 2.45) is 22.9 Å². The van der Waals surface area contributed by atoms with Crippen LogP contribution in [0.3, 0.4) is 0 Å². The van der Waals surface area contributed by atoms with Crippen molar-refractivity contribution in [3.8, 4) is 5.75 Å². The van der Waals surface area contributed by atoms with E-state index < -0.39 is 48.1 Å². The molecular weight excluding hydrogens is 542 g/mol. The van der Waals surface area contributed by atoms with Crippen LogP contribution >= 0.6 is 0 Å². The lowest BCUT2D eigenvalue weighted by molar-refractivity contribution is -0.141. The molecule has 15 N–H and O–H groups in total. The molecule has 0 spiro atoms. The standard InChI is InChI=1S/C11H12N2O2.C9H11NO3.C4H9NO3.C2H5NO2/c12-9(11(14)15)5-7-6-13-10-4-2-1-3-8(7)10;10-8(9(12)13)5-6-1-3-7(11)4-2-6;1-2(6)3(5)4(7)8;3-1-2(4)5/h1-4,6,9,13H,5,12H2,(H,14,15);1-4,8,11H,5,10H2,(H,12,13);2-3,6H,5H2,1H3,(H,7,8);1,3H2,(H,4,5). The van der Waals surface area contributed by atoms with E-state index in [1.54, 1.807) is 12.1 Å². The Morgan fingerprint density at radius 2 is 1.29 bits per heavy atom. The van der Waals surface area contributed by atoms with Crippen molar-refractivity contribution in [3.63, 3.8) is 0 Å². The zero-order valence-electron chi connectivity index (χ0n) is 22.3. The van der Waals surface area contributed by atoms with Crippen LogP contribution in [0.5, 0.6) is 5.75 Å². The molecule has 0 saturated carbocycles. The Hall–Kier alpha value is -4.54. The highest BCUT2D eigenvalue weighted by molar-refractivity contribution is 5.84. The Morgan fingerprint density at radius 3 is 1.71 bits per heavy atom. The van der Waals surface area contributed by atoms with Crippen molar-refractivity contribution in [2.45, 2.75) is 44.0 Å². The number of aliphatic carboxylic acids is 4. The number of aromatic hydroxyl groups is 1. The number of phenolic OH excluding ortho intramolecular Hbond substituents is 1. The summed E-state index contributed by atoms with van der Waals surface area (Å²) in [6.07, 6.45) is 1.45. The number of nitrogens with two attached hydrogens (primary N) is 4. The summed E-state index contributed by atoms with van der Waals surface area (Å²) in [6, 6.07) is 11.2. The predicted octanol–water partition coefficient (Wildman–Crippen LogP) is -0.722. The first-order valence-corrected chi connectivity index (χ1v) is 12.0. The maximum Gasteiger partial charge on any atom is 0.323 e. The molecule has 3 rings (SSSR count). The molecule has 0 amide bonds. The van der Waals surface area contributed by atoms with Gasteiger partial charge < -0.3 is 58.6 Å². The second-order valence-corrected chi connectivity index (χ2v) is 8.53. The molecule has 2 aromatic carbocycles. The topological polar surface area (TPSA) is 310 Å². The number of aromatic amines is 1. The molecule has 0 aliphatic rings. The number of aliphatic hydroxyl groups excluding tert-OH is 1. The lowest BCUT2D eigenvalue weighted by atomic mass is 10.1. The number of fused-ring (bicyclic) bond motifs is 1. The van der Waals surface area contributed by atoms with Gasteiger partial charge in [-0.15, -0.1) is 0 Å². The maximum absolute atomic E-state index is 10.6. The van der Waals surface area contributed by atoms with Crippen molar-refractivity contribution in [1.29, 1.82) is 0 Å². The van der Waals surface area contributed by atoms with E-state index in [0.29, 0.717) is 6.42 Å². The van der Waals surface area contributed by atoms with Gasteiger partial charge in [-0.2, -0.15) is 0 Å². The molecule has 3 aromatic rings. The first-order valence-electron chi connectivity index (χ1n) is 12.0. The minimum absolute atomic E-state index is 0.160. The van der Waals surface area contributed by atoms with E-state index >= 15 is 0 Å². The second-order valence-electron chi connectivity index (χ2n) is 8.53. The molecule has 0 aliphatic carbocycles. The van der Waals surface area contributed by atoms with Crippen LogP contribution in [-0.4, -0.2) is 90.3 Å². The number of para-hydroxylation sites is 1. The first kappa shape index (κ1) is 36.5. The van der Waals surface area contributed by atoms with E-state index in [4.69, 9.17) is 47.8 Å². The van der Waals surface area contributed by atoms with Crippen LogP contribution < -0.4 is 22.9 Å². The molecular formula is C26H37N5O10. The Morgan fingerprint density at radius 1 is 0.805 bits per heavy atom. The van der Waals surface area contributed by atoms with Crippen LogP contribution in [0.2, 0.25) is 0 Å². The van der Waals surface area contributed by atoms with Gasteiger partial charge in [0.15, 0.2) is 0 Å². The van der Waals surface area contributed by atoms with E-state index in [0.717, 1.165) is 22.0 Å². The van der Waals surface area contributed by atoms with Gasteiger partial charge in [-0.25, -0.2) is 0 Å². The molecule has 0 radical (unpaired) electrons. The summed E-state index contributed by atoms with van der Waals surface area (Å²) in [4.78, 5) is 43.2. The lowest BCUT2D eigenvalue weighted by Gasteiger charge is -2.06. The summed E-state index contributed by atoms with van der Waals surface area (Å²) in [5.74, 6) is -3.98. The smallest absolute Gasteiger partial charge is 0.323 e. The summed E-state index contributed by atoms with van der Waals surface area (Å²) >= 11 is 0. The SMILES string of the molecule is CC(O)C(N)C(=O)O.NC(Cc1c[nH]c2ccccc12)C(=O)O.NC(Cc1ccc(O)cc1)C(=O)O.NCC(=O)O. The number of phenols is 1. The highest BCUT2D eigenvalue weighted by atomic mass is 16.4. The monoisotopic (exact) mass is 579 g/mol. The van der Waals surface area contributed by atoms with Crippen LogP contribution in [0.4, 0.5) is 0 Å². The number of carboxylic acid groups (broad SMARTS) is 4. The van der Waals surface area contributed by atoms with Crippen LogP contribution in [0.1, 0.15) is 18.1 Å². The zero-order valence-corrected chi connectivity index (χ0v) is 22.3. The Balaban J connectivity index is 0.000000561. The minimum Gasteiger partial charge on any atom is -0.508 e. The minimum atomic E-state index is -1.18. The van der Waals surface area contributed by atoms with Crippen LogP contribution in [0.15, 0.2) is 54.7 Å². The average molecular weight is 580 g/mol. The third-order valence-electron chi connectivity index (χ3n) is 5.12. The van der Waals surface area contributed by atoms with E-state index in [1.165, 1.54) is 19.1 Å². The molecule has 15 heteroatoms. The summed E-state index contributed by atoms with van der Waals surface area (Å²) in [5.41, 5.74) is 23.0. The highest BCUT2D eigenvalue weighted by Crippen LogP contribution is 2.18. The number of H-pyrrole nitrogens is 1. The van der Waals surface area contributed by atoms with Gasteiger partial charge in [0, 0.05) is 23.5 Å². The summed E-state index contributed by atoms with van der Waals surface area (Å²) < 4.78 is 0. The van der Waals surface area contributed by atoms with E-state index in [-0.39, 0.29) is 18.7 Å². The number of nitrogens with one attached hydrogen (secondary N) is 1. The van der Waals surface area contributed by atoms with Gasteiger partial charge in [0.1, 0.15) is 23.9 Å². The first-order chi connectivity index (χ1) is 19.1. The van der Waals surface area contributed by atoms with E-state index in [9.17, 15) is 19.2 Å². The molecule has 15 nitrogen and oxygen atoms in total. The molecule has 4 atom stereocenters. The number of benzene rings is 2. The lowest BCUT2D eigenvalue weighted by Crippen LogP contribution is -2.39. The summed E-state index contributed by atoms with van der Waals surface area (Å²) in [7, 11) is 0. The normalized spacial score (nSPS) is 12.9. The maximum atomic E-state index is 10.6. The molecule has 4 unspecified atom stereocenters. The highest BCUT2D eigenvalue weighted by Gasteiger charge is 2.16. The van der Waals surface area contributed by atoms with Gasteiger partial charge in [0.2, 0.25) is 0 Å². The van der Waals surface area contributed by atoms with Crippen molar-refractivity contribution in [3.05, 3.63) is 65.9 Å². The quantitative estimate of drug-likeness (QED) is 0.149. The molecule has 41 heavy (non-hydrogen) atoms. The third kappa shape index (κ3) is 15.0. The van der Waals surface area contributed by atoms with Gasteiger partial charge in [0.05, 0.1) is 12.6 Å². The molecule has 0 aliphatic heterocycles. The number of aromatic nitrogens is 1. The second kappa shape index (κ2) is 18.7. The van der Waals surface area contributed by atoms with Crippen LogP contribution in [-0.2, 0) is 32.0 Å². The Kier molecular flexibility index (Phi) is 16.6. The third-order valence-corrected chi connectivity index (χ3v) is 5.12. The number of hydrogen-bond acceptors (Lipinski definition) is 10. The molecule has 0 fully saturated rings. The predicted molar refractivity (Wildman–Crippen MR) is 149 cm³/mol. The van der Waals surface area contributed by atoms with Gasteiger partial charge in [-0.05, 0) is 42.7 Å². The molecule has 226 valence electrons. The number of carbonyl (C=O) groups is 4. The molecule has 0 saturated heterocycles. The summed E-state index contributed by atoms with van der Waals surface area (Å²) in [5, 5.41) is 51.4.